The minimum Gasteiger partial charge on any atom is -0.505 e. The summed E-state index contributed by atoms with van der Waals surface area (Å²) in [4.78, 5) is 12.1. The summed E-state index contributed by atoms with van der Waals surface area (Å²) in [6.45, 7) is 1.85. The zero-order chi connectivity index (χ0) is 14.9. The Balaban J connectivity index is 2.25. The van der Waals surface area contributed by atoms with Gasteiger partial charge in [-0.05, 0) is 36.8 Å². The van der Waals surface area contributed by atoms with Gasteiger partial charge in [0.05, 0.1) is 10.0 Å². The second kappa shape index (κ2) is 5.92. The average molecular weight is 331 g/mol. The van der Waals surface area contributed by atoms with Gasteiger partial charge >= 0.3 is 0 Å². The summed E-state index contributed by atoms with van der Waals surface area (Å²) < 4.78 is 0. The second-order valence-corrected chi connectivity index (χ2v) is 5.43. The van der Waals surface area contributed by atoms with E-state index in [1.54, 1.807) is 18.2 Å². The fourth-order valence-corrected chi connectivity index (χ4v) is 2.24. The molecule has 0 heterocycles. The van der Waals surface area contributed by atoms with Crippen molar-refractivity contribution in [2.75, 3.05) is 5.32 Å². The lowest BCUT2D eigenvalue weighted by Gasteiger charge is -2.08. The molecule has 0 aliphatic heterocycles. The van der Waals surface area contributed by atoms with E-state index in [1.165, 1.54) is 12.1 Å². The lowest BCUT2D eigenvalue weighted by Crippen LogP contribution is -2.11. The number of phenols is 1. The van der Waals surface area contributed by atoms with E-state index in [0.29, 0.717) is 16.3 Å². The second-order valence-electron chi connectivity index (χ2n) is 4.21. The van der Waals surface area contributed by atoms with Crippen LogP contribution >= 0.6 is 34.8 Å². The van der Waals surface area contributed by atoms with Crippen molar-refractivity contribution in [2.24, 2.45) is 0 Å². The molecule has 104 valence electrons. The highest BCUT2D eigenvalue weighted by atomic mass is 35.5. The predicted molar refractivity (Wildman–Crippen MR) is 82.3 cm³/mol. The number of carbonyl (C=O) groups is 1. The summed E-state index contributed by atoms with van der Waals surface area (Å²) in [6, 6.07) is 7.83. The fourth-order valence-electron chi connectivity index (χ4n) is 1.58. The predicted octanol–water partition coefficient (Wildman–Crippen LogP) is 4.91. The third-order valence-corrected chi connectivity index (χ3v) is 3.69. The molecule has 20 heavy (non-hydrogen) atoms. The molecule has 0 aliphatic carbocycles. The van der Waals surface area contributed by atoms with Gasteiger partial charge in [0.25, 0.3) is 5.91 Å². The number of anilines is 1. The van der Waals surface area contributed by atoms with Crippen LogP contribution in [0.3, 0.4) is 0 Å². The van der Waals surface area contributed by atoms with Gasteiger partial charge in [0, 0.05) is 16.3 Å². The van der Waals surface area contributed by atoms with Gasteiger partial charge in [0.1, 0.15) is 0 Å². The molecule has 2 aromatic rings. The van der Waals surface area contributed by atoms with Crippen LogP contribution in [0.2, 0.25) is 15.1 Å². The van der Waals surface area contributed by atoms with Crippen molar-refractivity contribution in [1.82, 2.24) is 0 Å². The zero-order valence-electron chi connectivity index (χ0n) is 10.4. The van der Waals surface area contributed by atoms with Crippen LogP contribution < -0.4 is 5.32 Å². The molecule has 2 rings (SSSR count). The number of hydrogen-bond donors (Lipinski definition) is 2. The summed E-state index contributed by atoms with van der Waals surface area (Å²) in [6.07, 6.45) is 0. The molecule has 0 atom stereocenters. The SMILES string of the molecule is Cc1ccc(C(=O)Nc2cc(Cl)c(O)c(Cl)c2)cc1Cl. The van der Waals surface area contributed by atoms with Crippen molar-refractivity contribution in [3.8, 4) is 5.75 Å². The van der Waals surface area contributed by atoms with E-state index >= 15 is 0 Å². The number of hydrogen-bond acceptors (Lipinski definition) is 2. The summed E-state index contributed by atoms with van der Waals surface area (Å²) in [5, 5.41) is 12.7. The minimum atomic E-state index is -0.343. The van der Waals surface area contributed by atoms with Gasteiger partial charge in [0.15, 0.2) is 5.75 Å². The summed E-state index contributed by atoms with van der Waals surface area (Å²) >= 11 is 17.6. The maximum Gasteiger partial charge on any atom is 0.255 e. The maximum absolute atomic E-state index is 12.1. The van der Waals surface area contributed by atoms with E-state index in [-0.39, 0.29) is 21.7 Å². The van der Waals surface area contributed by atoms with Crippen LogP contribution in [-0.2, 0) is 0 Å². The molecule has 1 amide bonds. The molecule has 0 saturated heterocycles. The number of nitrogens with one attached hydrogen (secondary N) is 1. The lowest BCUT2D eigenvalue weighted by molar-refractivity contribution is 0.102. The smallest absolute Gasteiger partial charge is 0.255 e. The van der Waals surface area contributed by atoms with Crippen molar-refractivity contribution in [3.63, 3.8) is 0 Å². The average Bonchev–Trinajstić information content (AvgIpc) is 2.39. The van der Waals surface area contributed by atoms with Gasteiger partial charge < -0.3 is 10.4 Å². The molecular formula is C14H10Cl3NO2. The Bertz CT molecular complexity index is 663. The Labute approximate surface area is 131 Å². The van der Waals surface area contributed by atoms with Crippen molar-refractivity contribution >= 4 is 46.4 Å². The number of halogens is 3. The van der Waals surface area contributed by atoms with Gasteiger partial charge in [-0.3, -0.25) is 4.79 Å². The summed E-state index contributed by atoms with van der Waals surface area (Å²) in [7, 11) is 0. The number of amides is 1. The van der Waals surface area contributed by atoms with Gasteiger partial charge in [-0.2, -0.15) is 0 Å². The maximum atomic E-state index is 12.1. The molecule has 6 heteroatoms. The van der Waals surface area contributed by atoms with Gasteiger partial charge in [0.2, 0.25) is 0 Å². The number of aryl methyl sites for hydroxylation is 1. The van der Waals surface area contributed by atoms with Crippen LogP contribution in [0.15, 0.2) is 30.3 Å². The van der Waals surface area contributed by atoms with E-state index in [0.717, 1.165) is 5.56 Å². The standard InChI is InChI=1S/C14H10Cl3NO2/c1-7-2-3-8(4-10(7)15)14(20)18-9-5-11(16)13(19)12(17)6-9/h2-6,19H,1H3,(H,18,20). The molecular weight excluding hydrogens is 321 g/mol. The molecule has 0 bridgehead atoms. The van der Waals surface area contributed by atoms with Crippen LogP contribution in [0.5, 0.6) is 5.75 Å². The van der Waals surface area contributed by atoms with Crippen molar-refractivity contribution in [3.05, 3.63) is 56.5 Å². The van der Waals surface area contributed by atoms with E-state index in [4.69, 9.17) is 34.8 Å². The first kappa shape index (κ1) is 15.0. The number of rotatable bonds is 2. The minimum absolute atomic E-state index is 0.0646. The van der Waals surface area contributed by atoms with Crippen LogP contribution in [-0.4, -0.2) is 11.0 Å². The van der Waals surface area contributed by atoms with E-state index < -0.39 is 0 Å². The zero-order valence-corrected chi connectivity index (χ0v) is 12.6. The Morgan fingerprint density at radius 1 is 1.05 bits per heavy atom. The number of benzene rings is 2. The van der Waals surface area contributed by atoms with Crippen LogP contribution in [0.25, 0.3) is 0 Å². The van der Waals surface area contributed by atoms with Gasteiger partial charge in [-0.15, -0.1) is 0 Å². The van der Waals surface area contributed by atoms with Gasteiger partial charge in [-0.25, -0.2) is 0 Å². The molecule has 2 aromatic carbocycles. The third kappa shape index (κ3) is 3.18. The largest absolute Gasteiger partial charge is 0.505 e. The van der Waals surface area contributed by atoms with Crippen LogP contribution in [0.4, 0.5) is 5.69 Å². The van der Waals surface area contributed by atoms with E-state index in [9.17, 15) is 9.90 Å². The quantitative estimate of drug-likeness (QED) is 0.768. The molecule has 0 radical (unpaired) electrons. The first-order chi connectivity index (χ1) is 9.38. The lowest BCUT2D eigenvalue weighted by atomic mass is 10.1. The highest BCUT2D eigenvalue weighted by molar-refractivity contribution is 6.37. The Morgan fingerprint density at radius 3 is 2.20 bits per heavy atom. The number of phenolic OH excluding ortho intramolecular Hbond substituents is 1. The highest BCUT2D eigenvalue weighted by Gasteiger charge is 2.11. The normalized spacial score (nSPS) is 10.4. The Kier molecular flexibility index (Phi) is 4.43. The van der Waals surface area contributed by atoms with Gasteiger partial charge in [-0.1, -0.05) is 40.9 Å². The highest BCUT2D eigenvalue weighted by Crippen LogP contribution is 2.34. The number of aromatic hydroxyl groups is 1. The first-order valence-corrected chi connectivity index (χ1v) is 6.77. The summed E-state index contributed by atoms with van der Waals surface area (Å²) in [5.41, 5.74) is 1.69. The van der Waals surface area contributed by atoms with E-state index in [2.05, 4.69) is 5.32 Å². The third-order valence-electron chi connectivity index (χ3n) is 2.71. The molecule has 0 spiro atoms. The molecule has 0 fully saturated rings. The first-order valence-electron chi connectivity index (χ1n) is 5.64. The van der Waals surface area contributed by atoms with Crippen LogP contribution in [0.1, 0.15) is 15.9 Å². The molecule has 0 saturated carbocycles. The molecule has 3 nitrogen and oxygen atoms in total. The van der Waals surface area contributed by atoms with Crippen LogP contribution in [0, 0.1) is 6.92 Å². The van der Waals surface area contributed by atoms with Crippen molar-refractivity contribution < 1.29 is 9.90 Å². The molecule has 2 N–H and O–H groups in total. The molecule has 0 unspecified atom stereocenters. The Morgan fingerprint density at radius 2 is 1.65 bits per heavy atom. The molecule has 0 aromatic heterocycles. The van der Waals surface area contributed by atoms with Crippen molar-refractivity contribution in [2.45, 2.75) is 6.92 Å². The fraction of sp³-hybridized carbons (Fsp3) is 0.0714. The van der Waals surface area contributed by atoms with Crippen molar-refractivity contribution in [1.29, 1.82) is 0 Å². The topological polar surface area (TPSA) is 49.3 Å². The summed E-state index contributed by atoms with van der Waals surface area (Å²) in [5.74, 6) is -0.561. The van der Waals surface area contributed by atoms with E-state index in [1.807, 2.05) is 6.92 Å². The monoisotopic (exact) mass is 329 g/mol. The Hall–Kier alpha value is -1.42. The number of carbonyl (C=O) groups excluding carboxylic acids is 1. The molecule has 0 aliphatic rings.